The molecule has 1 aromatic heterocycles. The minimum Gasteiger partial charge on any atom is -0.312 e. The lowest BCUT2D eigenvalue weighted by molar-refractivity contribution is -0.185. The normalized spacial score (nSPS) is 15.6. The molecule has 0 aliphatic carbocycles. The lowest BCUT2D eigenvalue weighted by atomic mass is 9.93. The second-order valence-electron chi connectivity index (χ2n) is 4.27. The van der Waals surface area contributed by atoms with Crippen molar-refractivity contribution in [1.82, 2.24) is 9.78 Å². The molecular weight excluding hydrogens is 315 g/mol. The maximum Gasteiger partial charge on any atom is 0.413 e. The average Bonchev–Trinajstić information content (AvgIpc) is 2.43. The Morgan fingerprint density at radius 2 is 2.00 bits per heavy atom. The first-order valence-corrected chi connectivity index (χ1v) is 5.84. The summed E-state index contributed by atoms with van der Waals surface area (Å²) in [6.07, 6.45) is -5.20. The Labute approximate surface area is 110 Å². The largest absolute Gasteiger partial charge is 0.413 e. The van der Waals surface area contributed by atoms with Crippen molar-refractivity contribution >= 4 is 21.7 Å². The van der Waals surface area contributed by atoms with Crippen LogP contribution in [-0.4, -0.2) is 27.3 Å². The SMILES string of the molecule is Cc1nn(C)c(CC(=O)C(C)(N)C(F)(F)F)c1Br. The zero-order chi connectivity index (χ0) is 14.3. The molecule has 8 heteroatoms. The third-order valence-electron chi connectivity index (χ3n) is 2.76. The molecule has 0 spiro atoms. The van der Waals surface area contributed by atoms with Gasteiger partial charge in [-0.05, 0) is 29.8 Å². The molecule has 1 atom stereocenters. The zero-order valence-electron chi connectivity index (χ0n) is 10.1. The highest BCUT2D eigenvalue weighted by Crippen LogP contribution is 2.30. The van der Waals surface area contributed by atoms with E-state index in [9.17, 15) is 18.0 Å². The van der Waals surface area contributed by atoms with Gasteiger partial charge < -0.3 is 5.73 Å². The van der Waals surface area contributed by atoms with E-state index in [1.165, 1.54) is 4.68 Å². The highest BCUT2D eigenvalue weighted by Gasteiger charge is 2.53. The quantitative estimate of drug-likeness (QED) is 0.922. The third kappa shape index (κ3) is 2.59. The van der Waals surface area contributed by atoms with Gasteiger partial charge in [-0.3, -0.25) is 9.48 Å². The molecule has 0 aromatic carbocycles. The van der Waals surface area contributed by atoms with E-state index >= 15 is 0 Å². The second-order valence-corrected chi connectivity index (χ2v) is 5.06. The number of ketones is 1. The van der Waals surface area contributed by atoms with E-state index < -0.39 is 23.9 Å². The molecule has 1 aromatic rings. The summed E-state index contributed by atoms with van der Waals surface area (Å²) >= 11 is 3.19. The van der Waals surface area contributed by atoms with Crippen LogP contribution in [0.2, 0.25) is 0 Å². The van der Waals surface area contributed by atoms with Crippen molar-refractivity contribution < 1.29 is 18.0 Å². The number of rotatable bonds is 3. The van der Waals surface area contributed by atoms with Crippen LogP contribution in [0.1, 0.15) is 18.3 Å². The fourth-order valence-electron chi connectivity index (χ4n) is 1.37. The highest BCUT2D eigenvalue weighted by molar-refractivity contribution is 9.10. The van der Waals surface area contributed by atoms with Gasteiger partial charge in [-0.2, -0.15) is 18.3 Å². The number of hydrogen-bond donors (Lipinski definition) is 1. The van der Waals surface area contributed by atoms with Crippen molar-refractivity contribution in [2.75, 3.05) is 0 Å². The number of aryl methyl sites for hydroxylation is 2. The predicted octanol–water partition coefficient (Wildman–Crippen LogP) is 1.88. The Bertz CT molecular complexity index is 479. The van der Waals surface area contributed by atoms with Gasteiger partial charge in [-0.15, -0.1) is 0 Å². The van der Waals surface area contributed by atoms with Crippen molar-refractivity contribution in [3.05, 3.63) is 15.9 Å². The summed E-state index contributed by atoms with van der Waals surface area (Å²) in [7, 11) is 1.56. The van der Waals surface area contributed by atoms with E-state index in [2.05, 4.69) is 21.0 Å². The Morgan fingerprint density at radius 3 is 2.33 bits per heavy atom. The molecule has 2 N–H and O–H groups in total. The molecule has 0 radical (unpaired) electrons. The van der Waals surface area contributed by atoms with Gasteiger partial charge in [-0.25, -0.2) is 0 Å². The number of carbonyl (C=O) groups is 1. The Hall–Kier alpha value is -0.890. The average molecular weight is 328 g/mol. The number of nitrogens with two attached hydrogens (primary N) is 1. The van der Waals surface area contributed by atoms with E-state index in [-0.39, 0.29) is 0 Å². The number of alkyl halides is 3. The van der Waals surface area contributed by atoms with Gasteiger partial charge in [-0.1, -0.05) is 0 Å². The van der Waals surface area contributed by atoms with Crippen LogP contribution in [0.3, 0.4) is 0 Å². The van der Waals surface area contributed by atoms with E-state index in [1.54, 1.807) is 14.0 Å². The maximum absolute atomic E-state index is 12.6. The molecule has 0 fully saturated rings. The fraction of sp³-hybridized carbons (Fsp3) is 0.600. The summed E-state index contributed by atoms with van der Waals surface area (Å²) < 4.78 is 39.7. The molecular formula is C10H13BrF3N3O. The standard InChI is InChI=1S/C10H13BrF3N3O/c1-5-8(11)6(17(3)16-5)4-7(18)9(2,15)10(12,13)14/h4,15H2,1-3H3. The van der Waals surface area contributed by atoms with Crippen molar-refractivity contribution in [2.45, 2.75) is 32.0 Å². The molecule has 1 heterocycles. The third-order valence-corrected chi connectivity index (χ3v) is 3.79. The van der Waals surface area contributed by atoms with E-state index in [0.717, 1.165) is 0 Å². The number of carbonyl (C=O) groups excluding carboxylic acids is 1. The van der Waals surface area contributed by atoms with Gasteiger partial charge >= 0.3 is 6.18 Å². The lowest BCUT2D eigenvalue weighted by Crippen LogP contribution is -2.57. The number of aromatic nitrogens is 2. The van der Waals surface area contributed by atoms with Gasteiger partial charge in [0.25, 0.3) is 0 Å². The summed E-state index contributed by atoms with van der Waals surface area (Å²) in [5, 5.41) is 4.00. The van der Waals surface area contributed by atoms with Crippen LogP contribution in [0.15, 0.2) is 4.47 Å². The van der Waals surface area contributed by atoms with Gasteiger partial charge in [0, 0.05) is 7.05 Å². The van der Waals surface area contributed by atoms with Gasteiger partial charge in [0.2, 0.25) is 0 Å². The van der Waals surface area contributed by atoms with Gasteiger partial charge in [0.15, 0.2) is 11.3 Å². The van der Waals surface area contributed by atoms with Crippen LogP contribution in [0, 0.1) is 6.92 Å². The number of hydrogen-bond acceptors (Lipinski definition) is 3. The van der Waals surface area contributed by atoms with Crippen molar-refractivity contribution in [1.29, 1.82) is 0 Å². The zero-order valence-corrected chi connectivity index (χ0v) is 11.7. The summed E-state index contributed by atoms with van der Waals surface area (Å²) in [4.78, 5) is 11.7. The van der Waals surface area contributed by atoms with Crippen molar-refractivity contribution in [3.8, 4) is 0 Å². The van der Waals surface area contributed by atoms with Crippen LogP contribution in [-0.2, 0) is 18.3 Å². The molecule has 4 nitrogen and oxygen atoms in total. The summed E-state index contributed by atoms with van der Waals surface area (Å²) in [6, 6.07) is 0. The Morgan fingerprint density at radius 1 is 1.50 bits per heavy atom. The van der Waals surface area contributed by atoms with E-state index in [1.807, 2.05) is 0 Å². The molecule has 1 rings (SSSR count). The predicted molar refractivity (Wildman–Crippen MR) is 63.0 cm³/mol. The summed E-state index contributed by atoms with van der Waals surface area (Å²) in [5.74, 6) is -1.10. The molecule has 0 bridgehead atoms. The topological polar surface area (TPSA) is 60.9 Å². The molecule has 18 heavy (non-hydrogen) atoms. The monoisotopic (exact) mass is 327 g/mol. The summed E-state index contributed by atoms with van der Waals surface area (Å²) in [5.41, 5.74) is 3.19. The highest BCUT2D eigenvalue weighted by atomic mass is 79.9. The van der Waals surface area contributed by atoms with Gasteiger partial charge in [0.1, 0.15) is 0 Å². The molecule has 0 saturated heterocycles. The molecule has 0 saturated carbocycles. The number of halogens is 4. The first-order chi connectivity index (χ1) is 7.98. The molecule has 1 unspecified atom stereocenters. The Balaban J connectivity index is 3.02. The minimum absolute atomic E-state index is 0.374. The van der Waals surface area contributed by atoms with Crippen LogP contribution in [0.25, 0.3) is 0 Å². The summed E-state index contributed by atoms with van der Waals surface area (Å²) in [6.45, 7) is 2.36. The van der Waals surface area contributed by atoms with Crippen molar-refractivity contribution in [2.24, 2.45) is 12.8 Å². The minimum atomic E-state index is -4.77. The van der Waals surface area contributed by atoms with Crippen LogP contribution in [0.4, 0.5) is 13.2 Å². The fourth-order valence-corrected chi connectivity index (χ4v) is 1.84. The molecule has 0 amide bonds. The van der Waals surface area contributed by atoms with E-state index in [4.69, 9.17) is 5.73 Å². The second kappa shape index (κ2) is 4.65. The maximum atomic E-state index is 12.6. The number of nitrogens with zero attached hydrogens (tertiary/aromatic N) is 2. The first kappa shape index (κ1) is 15.2. The molecule has 0 aliphatic heterocycles. The number of Topliss-reactive ketones (excluding diaryl/α,β-unsaturated/α-hetero) is 1. The smallest absolute Gasteiger partial charge is 0.312 e. The Kier molecular flexibility index (Phi) is 3.92. The van der Waals surface area contributed by atoms with E-state index in [0.29, 0.717) is 22.8 Å². The van der Waals surface area contributed by atoms with Crippen LogP contribution in [0.5, 0.6) is 0 Å². The first-order valence-electron chi connectivity index (χ1n) is 5.05. The molecule has 102 valence electrons. The lowest BCUT2D eigenvalue weighted by Gasteiger charge is -2.25. The molecule has 0 aliphatic rings. The van der Waals surface area contributed by atoms with Gasteiger partial charge in [0.05, 0.1) is 22.3 Å². The van der Waals surface area contributed by atoms with Crippen molar-refractivity contribution in [3.63, 3.8) is 0 Å². The van der Waals surface area contributed by atoms with Crippen LogP contribution < -0.4 is 5.73 Å². The van der Waals surface area contributed by atoms with Crippen LogP contribution >= 0.6 is 15.9 Å².